The number of hydrogen-bond acceptors (Lipinski definition) is 3. The smallest absolute Gasteiger partial charge is 0.138 e. The fourth-order valence-corrected chi connectivity index (χ4v) is 1.93. The van der Waals surface area contributed by atoms with Gasteiger partial charge in [-0.2, -0.15) is 0 Å². The second-order valence-corrected chi connectivity index (χ2v) is 4.50. The molecule has 1 saturated heterocycles. The Labute approximate surface area is 90.9 Å². The Morgan fingerprint density at radius 1 is 1.33 bits per heavy atom. The fourth-order valence-electron chi connectivity index (χ4n) is 1.93. The maximum atomic E-state index is 6.02. The van der Waals surface area contributed by atoms with Crippen LogP contribution in [0.15, 0.2) is 18.5 Å². The van der Waals surface area contributed by atoms with E-state index in [0.29, 0.717) is 0 Å². The van der Waals surface area contributed by atoms with Crippen LogP contribution in [0, 0.1) is 6.92 Å². The van der Waals surface area contributed by atoms with Crippen LogP contribution in [0.5, 0.6) is 5.75 Å². The molecule has 0 aliphatic carbocycles. The predicted octanol–water partition coefficient (Wildman–Crippen LogP) is 1.91. The molecule has 0 spiro atoms. The zero-order valence-corrected chi connectivity index (χ0v) is 9.42. The number of hydrogen-bond donors (Lipinski definition) is 1. The fraction of sp³-hybridized carbons (Fsp3) is 0.583. The first kappa shape index (κ1) is 10.4. The van der Waals surface area contributed by atoms with E-state index < -0.39 is 0 Å². The quantitative estimate of drug-likeness (QED) is 0.802. The van der Waals surface area contributed by atoms with Crippen LogP contribution in [0.1, 0.15) is 25.3 Å². The molecule has 2 heterocycles. The first-order chi connectivity index (χ1) is 7.18. The molecule has 1 N–H and O–H groups in total. The molecule has 0 unspecified atom stereocenters. The third kappa shape index (κ3) is 2.69. The van der Waals surface area contributed by atoms with E-state index in [1.54, 1.807) is 6.20 Å². The van der Waals surface area contributed by atoms with Crippen LogP contribution in [0.2, 0.25) is 0 Å². The van der Waals surface area contributed by atoms with Gasteiger partial charge in [-0.15, -0.1) is 0 Å². The van der Waals surface area contributed by atoms with Crippen LogP contribution in [-0.2, 0) is 0 Å². The van der Waals surface area contributed by atoms with Crippen LogP contribution >= 0.6 is 0 Å². The molecule has 1 fully saturated rings. The lowest BCUT2D eigenvalue weighted by Crippen LogP contribution is -2.43. The Kier molecular flexibility index (Phi) is 2.91. The van der Waals surface area contributed by atoms with Gasteiger partial charge in [-0.1, -0.05) is 0 Å². The molecule has 2 rings (SSSR count). The van der Waals surface area contributed by atoms with Crippen LogP contribution in [0.3, 0.4) is 0 Å². The van der Waals surface area contributed by atoms with Crippen molar-refractivity contribution in [2.75, 3.05) is 13.1 Å². The van der Waals surface area contributed by atoms with E-state index >= 15 is 0 Å². The monoisotopic (exact) mass is 206 g/mol. The van der Waals surface area contributed by atoms with Crippen molar-refractivity contribution >= 4 is 0 Å². The normalized spacial score (nSPS) is 19.9. The van der Waals surface area contributed by atoms with Crippen LogP contribution in [0.25, 0.3) is 0 Å². The molecule has 3 heteroatoms. The summed E-state index contributed by atoms with van der Waals surface area (Å²) in [6.45, 7) is 6.28. The van der Waals surface area contributed by atoms with Gasteiger partial charge in [0.05, 0.1) is 6.20 Å². The average Bonchev–Trinajstić information content (AvgIpc) is 2.18. The van der Waals surface area contributed by atoms with Gasteiger partial charge in [0.2, 0.25) is 0 Å². The van der Waals surface area contributed by atoms with Crippen LogP contribution in [0.4, 0.5) is 0 Å². The summed E-state index contributed by atoms with van der Waals surface area (Å²) in [7, 11) is 0. The zero-order chi connectivity index (χ0) is 10.7. The van der Waals surface area contributed by atoms with E-state index in [4.69, 9.17) is 4.74 Å². The van der Waals surface area contributed by atoms with Gasteiger partial charge in [0.1, 0.15) is 11.4 Å². The van der Waals surface area contributed by atoms with E-state index in [1.165, 1.54) is 0 Å². The number of nitrogens with one attached hydrogen (secondary N) is 1. The molecule has 15 heavy (non-hydrogen) atoms. The third-order valence-electron chi connectivity index (χ3n) is 2.88. The lowest BCUT2D eigenvalue weighted by molar-refractivity contribution is 0.0551. The topological polar surface area (TPSA) is 34.1 Å². The van der Waals surface area contributed by atoms with Crippen molar-refractivity contribution in [3.63, 3.8) is 0 Å². The number of nitrogens with zero attached hydrogens (tertiary/aromatic N) is 1. The number of rotatable bonds is 2. The van der Waals surface area contributed by atoms with Crippen molar-refractivity contribution in [1.82, 2.24) is 10.3 Å². The molecule has 0 radical (unpaired) electrons. The van der Waals surface area contributed by atoms with Gasteiger partial charge in [0, 0.05) is 6.20 Å². The first-order valence-electron chi connectivity index (χ1n) is 5.49. The second-order valence-electron chi connectivity index (χ2n) is 4.50. The van der Waals surface area contributed by atoms with Crippen molar-refractivity contribution in [3.8, 4) is 5.75 Å². The lowest BCUT2D eigenvalue weighted by Gasteiger charge is -2.34. The van der Waals surface area contributed by atoms with E-state index in [2.05, 4.69) is 17.2 Å². The summed E-state index contributed by atoms with van der Waals surface area (Å²) in [5.41, 5.74) is 1.12. The molecule has 0 saturated carbocycles. The highest BCUT2D eigenvalue weighted by atomic mass is 16.5. The standard InChI is InChI=1S/C12H18N2O/c1-10-7-11(9-14-8-10)15-12(2)3-5-13-6-4-12/h7-9,13H,3-6H2,1-2H3. The largest absolute Gasteiger partial charge is 0.486 e. The van der Waals surface area contributed by atoms with Crippen molar-refractivity contribution in [1.29, 1.82) is 0 Å². The van der Waals surface area contributed by atoms with Gasteiger partial charge >= 0.3 is 0 Å². The molecule has 1 aromatic rings. The minimum Gasteiger partial charge on any atom is -0.486 e. The van der Waals surface area contributed by atoms with Crippen molar-refractivity contribution < 1.29 is 4.74 Å². The molecule has 0 bridgehead atoms. The highest BCUT2D eigenvalue weighted by Crippen LogP contribution is 2.25. The lowest BCUT2D eigenvalue weighted by atomic mass is 9.94. The summed E-state index contributed by atoms with van der Waals surface area (Å²) >= 11 is 0. The zero-order valence-electron chi connectivity index (χ0n) is 9.42. The van der Waals surface area contributed by atoms with Gasteiger partial charge in [-0.3, -0.25) is 4.98 Å². The summed E-state index contributed by atoms with van der Waals surface area (Å²) in [4.78, 5) is 4.14. The molecule has 0 amide bonds. The third-order valence-corrected chi connectivity index (χ3v) is 2.88. The van der Waals surface area contributed by atoms with Crippen molar-refractivity contribution in [3.05, 3.63) is 24.0 Å². The molecule has 1 aromatic heterocycles. The SMILES string of the molecule is Cc1cncc(OC2(C)CCNCC2)c1. The molecule has 1 aliphatic heterocycles. The van der Waals surface area contributed by atoms with Crippen LogP contribution in [-0.4, -0.2) is 23.7 Å². The highest BCUT2D eigenvalue weighted by molar-refractivity contribution is 5.23. The number of aryl methyl sites for hydroxylation is 1. The Morgan fingerprint density at radius 3 is 2.73 bits per heavy atom. The van der Waals surface area contributed by atoms with Crippen LogP contribution < -0.4 is 10.1 Å². The molecular formula is C12H18N2O. The summed E-state index contributed by atoms with van der Waals surface area (Å²) in [5, 5.41) is 3.34. The minimum atomic E-state index is -0.0271. The Hall–Kier alpha value is -1.09. The van der Waals surface area contributed by atoms with E-state index in [-0.39, 0.29) is 5.60 Å². The highest BCUT2D eigenvalue weighted by Gasteiger charge is 2.28. The van der Waals surface area contributed by atoms with E-state index in [9.17, 15) is 0 Å². The molecule has 3 nitrogen and oxygen atoms in total. The molecular weight excluding hydrogens is 188 g/mol. The average molecular weight is 206 g/mol. The molecule has 1 aliphatic rings. The summed E-state index contributed by atoms with van der Waals surface area (Å²) in [5.74, 6) is 0.888. The molecule has 0 atom stereocenters. The Morgan fingerprint density at radius 2 is 2.07 bits per heavy atom. The number of pyridine rings is 1. The summed E-state index contributed by atoms with van der Waals surface area (Å²) < 4.78 is 6.02. The Balaban J connectivity index is 2.06. The molecule has 82 valence electrons. The predicted molar refractivity (Wildman–Crippen MR) is 60.1 cm³/mol. The van der Waals surface area contributed by atoms with E-state index in [0.717, 1.165) is 37.2 Å². The van der Waals surface area contributed by atoms with Crippen molar-refractivity contribution in [2.45, 2.75) is 32.3 Å². The van der Waals surface area contributed by atoms with Crippen molar-refractivity contribution in [2.24, 2.45) is 0 Å². The summed E-state index contributed by atoms with van der Waals surface area (Å²) in [6.07, 6.45) is 5.75. The van der Waals surface area contributed by atoms with Gasteiger partial charge in [-0.05, 0) is 51.4 Å². The maximum Gasteiger partial charge on any atom is 0.138 e. The van der Waals surface area contributed by atoms with Gasteiger partial charge in [0.15, 0.2) is 0 Å². The second kappa shape index (κ2) is 4.19. The Bertz CT molecular complexity index is 332. The number of ether oxygens (including phenoxy) is 1. The van der Waals surface area contributed by atoms with E-state index in [1.807, 2.05) is 19.2 Å². The minimum absolute atomic E-state index is 0.0271. The molecule has 0 aromatic carbocycles. The van der Waals surface area contributed by atoms with Gasteiger partial charge in [-0.25, -0.2) is 0 Å². The number of piperidine rings is 1. The van der Waals surface area contributed by atoms with Gasteiger partial charge < -0.3 is 10.1 Å². The number of aromatic nitrogens is 1. The maximum absolute atomic E-state index is 6.02. The first-order valence-corrected chi connectivity index (χ1v) is 5.49. The van der Waals surface area contributed by atoms with Gasteiger partial charge in [0.25, 0.3) is 0 Å². The summed E-state index contributed by atoms with van der Waals surface area (Å²) in [6, 6.07) is 2.04.